The number of amides is 1. The predicted octanol–water partition coefficient (Wildman–Crippen LogP) is 9.76. The van der Waals surface area contributed by atoms with Crippen LogP contribution in [-0.4, -0.2) is 103 Å². The van der Waals surface area contributed by atoms with Crippen molar-refractivity contribution in [1.82, 2.24) is 19.6 Å². The number of rotatable bonds is 15. The first-order chi connectivity index (χ1) is 34.9. The van der Waals surface area contributed by atoms with Gasteiger partial charge in [-0.2, -0.15) is 4.98 Å². The monoisotopic (exact) mass is 1020 g/mol. The number of methoxy groups -OCH3 is 1. The van der Waals surface area contributed by atoms with E-state index in [4.69, 9.17) is 18.9 Å². The van der Waals surface area contributed by atoms with Crippen LogP contribution in [0.1, 0.15) is 125 Å². The van der Waals surface area contributed by atoms with Crippen molar-refractivity contribution in [2.75, 3.05) is 50.2 Å². The summed E-state index contributed by atoms with van der Waals surface area (Å²) in [7, 11) is -3.25. The summed E-state index contributed by atoms with van der Waals surface area (Å²) in [5.74, 6) is -1.31. The van der Waals surface area contributed by atoms with Crippen molar-refractivity contribution in [1.29, 1.82) is 0 Å². The zero-order valence-electron chi connectivity index (χ0n) is 42.1. The van der Waals surface area contributed by atoms with Crippen LogP contribution in [0.5, 0.6) is 23.1 Å². The molecule has 4 fully saturated rings. The van der Waals surface area contributed by atoms with E-state index >= 15 is 4.39 Å². The van der Waals surface area contributed by atoms with Gasteiger partial charge in [-0.25, -0.2) is 17.5 Å². The van der Waals surface area contributed by atoms with Crippen LogP contribution in [0.2, 0.25) is 0 Å². The molecule has 2 saturated carbocycles. The molecule has 1 amide bonds. The Morgan fingerprint density at radius 3 is 2.51 bits per heavy atom. The minimum absolute atomic E-state index is 0.0254. The third-order valence-electron chi connectivity index (χ3n) is 16.3. The predicted molar refractivity (Wildman–Crippen MR) is 274 cm³/mol. The summed E-state index contributed by atoms with van der Waals surface area (Å²) in [6.45, 7) is 10.9. The van der Waals surface area contributed by atoms with E-state index in [1.807, 2.05) is 0 Å². The number of benzene rings is 3. The molecule has 1 unspecified atom stereocenters. The van der Waals surface area contributed by atoms with Crippen molar-refractivity contribution in [3.05, 3.63) is 99.5 Å². The second kappa shape index (κ2) is 20.0. The number of piperidine rings is 1. The van der Waals surface area contributed by atoms with E-state index in [9.17, 15) is 28.4 Å². The van der Waals surface area contributed by atoms with Crippen molar-refractivity contribution < 1.29 is 46.6 Å². The van der Waals surface area contributed by atoms with Gasteiger partial charge in [0.15, 0.2) is 17.2 Å². The fourth-order valence-electron chi connectivity index (χ4n) is 11.9. The van der Waals surface area contributed by atoms with E-state index < -0.39 is 42.9 Å². The summed E-state index contributed by atoms with van der Waals surface area (Å²) in [6, 6.07) is 17.9. The zero-order chi connectivity index (χ0) is 51.4. The fourth-order valence-corrected chi connectivity index (χ4v) is 12.9. The summed E-state index contributed by atoms with van der Waals surface area (Å²) in [5, 5.41) is 26.3. The van der Waals surface area contributed by atoms with Gasteiger partial charge in [0.2, 0.25) is 0 Å². The topological polar surface area (TPSA) is 211 Å². The number of H-pyrrole nitrogens is 1. The summed E-state index contributed by atoms with van der Waals surface area (Å²) < 4.78 is 69.4. The van der Waals surface area contributed by atoms with Crippen molar-refractivity contribution in [3.8, 4) is 23.1 Å². The molecule has 5 aliphatic rings. The third-order valence-corrected chi connectivity index (χ3v) is 17.6. The highest BCUT2D eigenvalue weighted by atomic mass is 32.2. The van der Waals surface area contributed by atoms with Gasteiger partial charge >= 0.3 is 0 Å². The molecule has 2 aliphatic carbocycles. The zero-order valence-corrected chi connectivity index (χ0v) is 42.9. The first-order valence-electron chi connectivity index (χ1n) is 25.7. The number of hydrogen-bond donors (Lipinski definition) is 4. The maximum absolute atomic E-state index is 15.1. The number of likely N-dealkylation sites (tertiary alicyclic amines) is 1. The molecule has 5 heterocycles. The molecule has 3 aromatic carbocycles. The molecule has 3 atom stereocenters. The lowest BCUT2D eigenvalue weighted by Gasteiger charge is -2.56. The molecule has 73 heavy (non-hydrogen) atoms. The highest BCUT2D eigenvalue weighted by molar-refractivity contribution is 7.90. The number of aromatic amines is 1. The minimum Gasteiger partial charge on any atom is -0.489 e. The van der Waals surface area contributed by atoms with Crippen LogP contribution in [0.4, 0.5) is 21.5 Å². The molecule has 0 bridgehead atoms. The molecule has 1 spiro atoms. The average Bonchev–Trinajstić information content (AvgIpc) is 4.00. The van der Waals surface area contributed by atoms with Crippen LogP contribution in [0.3, 0.4) is 0 Å². The Morgan fingerprint density at radius 1 is 1.03 bits per heavy atom. The Kier molecular flexibility index (Phi) is 13.8. The Hall–Kier alpha value is -6.02. The van der Waals surface area contributed by atoms with Gasteiger partial charge < -0.3 is 39.3 Å². The van der Waals surface area contributed by atoms with Crippen LogP contribution < -0.4 is 29.1 Å². The maximum Gasteiger partial charge on any atom is 0.297 e. The molecular weight excluding hydrogens is 958 g/mol. The highest BCUT2D eigenvalue weighted by Gasteiger charge is 2.50. The highest BCUT2D eigenvalue weighted by Crippen LogP contribution is 2.54. The second-order valence-corrected chi connectivity index (χ2v) is 23.3. The van der Waals surface area contributed by atoms with Crippen LogP contribution in [-0.2, 0) is 14.8 Å². The molecule has 390 valence electrons. The smallest absolute Gasteiger partial charge is 0.297 e. The first kappa shape index (κ1) is 50.5. The standard InChI is InChI=1S/C54H66FN7O10S/c1-32(2)38-9-6-7-10-39(38)44-11-8-20-61(44)36-27-54(28-36)18-21-60(22-19-54)35-12-13-40(46(23-35)72-48-26-41-42(55)29-56-50(41)58-52(48)71-30-33(3)69-5)51(63)59-73(67,68)37-24-45(62(65)66)49-47(25-37)70-31-43(57-49)34-14-16-53(4,64)17-15-34/h6-7,9-10,12-13,23-26,29,32-34,36,43-44,57,64H,8,11,14-22,27-28,30-31H2,1-5H3,(H,56,58)(H,59,63)/t33?,34-,43-,44-,53-/m1/s1. The molecule has 5 aromatic rings. The van der Waals surface area contributed by atoms with Gasteiger partial charge in [0.25, 0.3) is 27.5 Å². The number of nitro groups is 1. The number of carbonyl (C=O) groups is 1. The lowest BCUT2D eigenvalue weighted by atomic mass is 9.59. The van der Waals surface area contributed by atoms with Crippen LogP contribution in [0.25, 0.3) is 11.0 Å². The number of pyridine rings is 1. The number of nitro benzene ring substituents is 1. The summed E-state index contributed by atoms with van der Waals surface area (Å²) in [5.41, 5.74) is 2.59. The summed E-state index contributed by atoms with van der Waals surface area (Å²) >= 11 is 0. The number of carbonyl (C=O) groups excluding carboxylic acids is 1. The molecule has 0 radical (unpaired) electrons. The van der Waals surface area contributed by atoms with Gasteiger partial charge in [-0.15, -0.1) is 0 Å². The summed E-state index contributed by atoms with van der Waals surface area (Å²) in [6.07, 6.45) is 9.92. The number of ether oxygens (including phenoxy) is 4. The Labute approximate surface area is 425 Å². The normalized spacial score (nSPS) is 23.6. The van der Waals surface area contributed by atoms with Crippen LogP contribution in [0.15, 0.2) is 71.8 Å². The number of anilines is 2. The van der Waals surface area contributed by atoms with Crippen LogP contribution >= 0.6 is 0 Å². The quantitative estimate of drug-likeness (QED) is 0.0568. The number of halogens is 1. The van der Waals surface area contributed by atoms with Gasteiger partial charge in [-0.1, -0.05) is 38.1 Å². The second-order valence-electron chi connectivity index (χ2n) is 21.6. The molecule has 3 aliphatic heterocycles. The molecule has 10 rings (SSSR count). The summed E-state index contributed by atoms with van der Waals surface area (Å²) in [4.78, 5) is 37.9. The first-order valence-corrected chi connectivity index (χ1v) is 27.1. The van der Waals surface area contributed by atoms with Gasteiger partial charge in [-0.3, -0.25) is 19.8 Å². The third kappa shape index (κ3) is 10.3. The molecule has 4 N–H and O–H groups in total. The Balaban J connectivity index is 0.904. The SMILES string of the molecule is COC(C)COc1nc2[nH]cc(F)c2cc1Oc1cc(N2CCC3(CC2)CC(N2CCC[C@@H]2c2ccccc2C(C)C)C3)ccc1C(=O)NS(=O)(=O)c1cc2c(c([N+](=O)[O-])c1)N[C@@H]([C@H]1CC[C@](C)(O)CC1)CO2. The number of nitrogens with one attached hydrogen (secondary N) is 3. The number of hydrogen-bond acceptors (Lipinski definition) is 14. The van der Waals surface area contributed by atoms with E-state index in [1.54, 1.807) is 26.0 Å². The van der Waals surface area contributed by atoms with Gasteiger partial charge in [0, 0.05) is 68.4 Å². The van der Waals surface area contributed by atoms with E-state index in [1.165, 1.54) is 43.2 Å². The van der Waals surface area contributed by atoms with Gasteiger partial charge in [0.05, 0.1) is 38.5 Å². The van der Waals surface area contributed by atoms with Gasteiger partial charge in [-0.05, 0) is 125 Å². The minimum atomic E-state index is -4.78. The molecule has 2 aromatic heterocycles. The van der Waals surface area contributed by atoms with E-state index in [0.717, 1.165) is 69.3 Å². The maximum atomic E-state index is 15.1. The number of nitrogens with zero attached hydrogens (tertiary/aromatic N) is 4. The lowest BCUT2D eigenvalue weighted by Crippen LogP contribution is -2.54. The fraction of sp³-hybridized carbons (Fsp3) is 0.519. The van der Waals surface area contributed by atoms with E-state index in [0.29, 0.717) is 43.7 Å². The Bertz CT molecular complexity index is 2990. The molecular formula is C54H66FN7O10S. The number of aliphatic hydroxyl groups is 1. The average molecular weight is 1020 g/mol. The van der Waals surface area contributed by atoms with E-state index in [2.05, 4.69) is 67.9 Å². The molecule has 2 saturated heterocycles. The van der Waals surface area contributed by atoms with Crippen molar-refractivity contribution in [2.24, 2.45) is 11.3 Å². The molecule has 19 heteroatoms. The number of fused-ring (bicyclic) bond motifs is 2. The molecule has 17 nitrogen and oxygen atoms in total. The van der Waals surface area contributed by atoms with Crippen LogP contribution in [0, 0.1) is 27.3 Å². The van der Waals surface area contributed by atoms with Crippen molar-refractivity contribution >= 4 is 44.0 Å². The lowest BCUT2D eigenvalue weighted by molar-refractivity contribution is -0.384. The number of sulfonamides is 1. The largest absolute Gasteiger partial charge is 0.489 e. The number of aromatic nitrogens is 2. The Morgan fingerprint density at radius 2 is 1.78 bits per heavy atom. The van der Waals surface area contributed by atoms with Crippen molar-refractivity contribution in [2.45, 2.75) is 133 Å². The van der Waals surface area contributed by atoms with Gasteiger partial charge in [0.1, 0.15) is 30.4 Å². The van der Waals surface area contributed by atoms with Crippen molar-refractivity contribution in [3.63, 3.8) is 0 Å². The van der Waals surface area contributed by atoms with E-state index in [-0.39, 0.29) is 82.1 Å².